The predicted octanol–water partition coefficient (Wildman–Crippen LogP) is 3.17. The number of urea groups is 1. The Morgan fingerprint density at radius 1 is 1.50 bits per heavy atom. The number of carbonyl (C=O) groups is 1. The Labute approximate surface area is 128 Å². The van der Waals surface area contributed by atoms with E-state index in [0.29, 0.717) is 13.1 Å². The maximum Gasteiger partial charge on any atom is 0.318 e. The average Bonchev–Trinajstić information content (AvgIpc) is 3.13. The van der Waals surface area contributed by atoms with E-state index < -0.39 is 0 Å². The predicted molar refractivity (Wildman–Crippen MR) is 78.6 cm³/mol. The van der Waals surface area contributed by atoms with Crippen LogP contribution in [0.5, 0.6) is 0 Å². The number of benzene rings is 1. The summed E-state index contributed by atoms with van der Waals surface area (Å²) in [4.78, 5) is 14.1. The minimum absolute atomic E-state index is 0.0753. The van der Waals surface area contributed by atoms with Crippen LogP contribution in [0.2, 0.25) is 0 Å². The second-order valence-corrected chi connectivity index (χ2v) is 5.51. The quantitative estimate of drug-likeness (QED) is 0.947. The molecule has 0 bridgehead atoms. The lowest BCUT2D eigenvalue weighted by atomic mass is 10.1. The first-order valence-electron chi connectivity index (χ1n) is 7.35. The number of halogens is 1. The second-order valence-electron chi connectivity index (χ2n) is 5.51. The van der Waals surface area contributed by atoms with Crippen LogP contribution in [0.4, 0.5) is 9.18 Å². The first-order valence-corrected chi connectivity index (χ1v) is 7.35. The lowest BCUT2D eigenvalue weighted by Crippen LogP contribution is -2.39. The third-order valence-electron chi connectivity index (χ3n) is 3.82. The van der Waals surface area contributed by atoms with Gasteiger partial charge < -0.3 is 14.7 Å². The molecule has 3 rings (SSSR count). The topological polar surface area (TPSA) is 58.4 Å². The summed E-state index contributed by atoms with van der Waals surface area (Å²) in [6.45, 7) is 2.84. The summed E-state index contributed by atoms with van der Waals surface area (Å²) in [6, 6.07) is 7.84. The highest BCUT2D eigenvalue weighted by Crippen LogP contribution is 2.32. The highest BCUT2D eigenvalue weighted by Gasteiger charge is 2.32. The normalized spacial score (nSPS) is 17.7. The molecule has 116 valence electrons. The van der Waals surface area contributed by atoms with Gasteiger partial charge in [0.05, 0.1) is 11.7 Å². The number of aryl methyl sites for hydroxylation is 1. The highest BCUT2D eigenvalue weighted by molar-refractivity contribution is 5.75. The Kier molecular flexibility index (Phi) is 4.09. The number of nitrogens with zero attached hydrogens (tertiary/aromatic N) is 2. The van der Waals surface area contributed by atoms with Gasteiger partial charge in [-0.3, -0.25) is 0 Å². The lowest BCUT2D eigenvalue weighted by molar-refractivity contribution is 0.182. The number of hydrogen-bond acceptors (Lipinski definition) is 3. The lowest BCUT2D eigenvalue weighted by Gasteiger charge is -2.23. The Morgan fingerprint density at radius 3 is 3.09 bits per heavy atom. The van der Waals surface area contributed by atoms with E-state index in [1.165, 1.54) is 12.1 Å². The van der Waals surface area contributed by atoms with E-state index in [-0.39, 0.29) is 17.9 Å². The van der Waals surface area contributed by atoms with E-state index in [9.17, 15) is 9.18 Å². The van der Waals surface area contributed by atoms with Crippen molar-refractivity contribution in [2.75, 3.05) is 6.54 Å². The number of nitrogens with one attached hydrogen (secondary N) is 1. The maximum atomic E-state index is 13.1. The minimum atomic E-state index is -0.303. The van der Waals surface area contributed by atoms with Crippen molar-refractivity contribution in [2.45, 2.75) is 32.4 Å². The van der Waals surface area contributed by atoms with Crippen LogP contribution in [0, 0.1) is 12.7 Å². The molecule has 2 heterocycles. The van der Waals surface area contributed by atoms with Crippen LogP contribution >= 0.6 is 0 Å². The second kappa shape index (κ2) is 6.17. The van der Waals surface area contributed by atoms with Gasteiger partial charge in [0.25, 0.3) is 0 Å². The molecule has 2 amide bonds. The molecule has 1 atom stereocenters. The molecule has 5 nitrogen and oxygen atoms in total. The fraction of sp³-hybridized carbons (Fsp3) is 0.375. The van der Waals surface area contributed by atoms with Crippen LogP contribution in [0.15, 0.2) is 34.9 Å². The summed E-state index contributed by atoms with van der Waals surface area (Å²) in [5.41, 5.74) is 1.54. The third-order valence-corrected chi connectivity index (χ3v) is 3.82. The van der Waals surface area contributed by atoms with E-state index >= 15 is 0 Å². The number of aromatic nitrogens is 1. The molecule has 1 aromatic carbocycles. The van der Waals surface area contributed by atoms with Crippen molar-refractivity contribution in [1.29, 1.82) is 0 Å². The first-order chi connectivity index (χ1) is 10.6. The number of likely N-dealkylation sites (tertiary alicyclic amines) is 1. The smallest absolute Gasteiger partial charge is 0.318 e. The zero-order chi connectivity index (χ0) is 15.5. The molecule has 2 aromatic rings. The van der Waals surface area contributed by atoms with E-state index in [1.807, 2.05) is 13.0 Å². The van der Waals surface area contributed by atoms with Gasteiger partial charge in [-0.25, -0.2) is 9.18 Å². The van der Waals surface area contributed by atoms with E-state index in [4.69, 9.17) is 4.52 Å². The summed E-state index contributed by atoms with van der Waals surface area (Å²) in [7, 11) is 0. The summed E-state index contributed by atoms with van der Waals surface area (Å²) in [5.74, 6) is 0.416. The molecule has 0 spiro atoms. The third kappa shape index (κ3) is 3.10. The SMILES string of the molecule is Cc1cc([C@H]2CCCN2C(=O)NCc2cccc(F)c2)on1. The number of carbonyl (C=O) groups excluding carboxylic acids is 1. The van der Waals surface area contributed by atoms with Gasteiger partial charge in [-0.1, -0.05) is 17.3 Å². The van der Waals surface area contributed by atoms with Crippen LogP contribution in [-0.2, 0) is 6.54 Å². The monoisotopic (exact) mass is 303 g/mol. The molecule has 1 N–H and O–H groups in total. The molecule has 0 aliphatic carbocycles. The molecule has 0 saturated carbocycles. The van der Waals surface area contributed by atoms with Crippen molar-refractivity contribution < 1.29 is 13.7 Å². The van der Waals surface area contributed by atoms with Gasteiger partial charge in [-0.05, 0) is 37.5 Å². The zero-order valence-corrected chi connectivity index (χ0v) is 12.4. The molecule has 1 aliphatic rings. The van der Waals surface area contributed by atoms with Crippen molar-refractivity contribution >= 4 is 6.03 Å². The molecule has 1 aromatic heterocycles. The molecular formula is C16H18FN3O2. The standard InChI is InChI=1S/C16H18FN3O2/c1-11-8-15(22-19-11)14-6-3-7-20(14)16(21)18-10-12-4-2-5-13(17)9-12/h2,4-5,8-9,14H,3,6-7,10H2,1H3,(H,18,21)/t14-/m1/s1. The Hall–Kier alpha value is -2.37. The number of amides is 2. The zero-order valence-electron chi connectivity index (χ0n) is 12.4. The molecule has 22 heavy (non-hydrogen) atoms. The van der Waals surface area contributed by atoms with Crippen molar-refractivity contribution in [1.82, 2.24) is 15.4 Å². The fourth-order valence-electron chi connectivity index (χ4n) is 2.77. The summed E-state index contributed by atoms with van der Waals surface area (Å²) < 4.78 is 18.4. The van der Waals surface area contributed by atoms with Gasteiger partial charge in [0.15, 0.2) is 5.76 Å². The van der Waals surface area contributed by atoms with Crippen molar-refractivity contribution in [3.05, 3.63) is 53.2 Å². The van der Waals surface area contributed by atoms with Gasteiger partial charge in [0, 0.05) is 19.2 Å². The van der Waals surface area contributed by atoms with Crippen molar-refractivity contribution in [3.63, 3.8) is 0 Å². The van der Waals surface area contributed by atoms with Gasteiger partial charge in [0.2, 0.25) is 0 Å². The molecule has 1 aliphatic heterocycles. The van der Waals surface area contributed by atoms with Gasteiger partial charge >= 0.3 is 6.03 Å². The molecule has 1 fully saturated rings. The van der Waals surface area contributed by atoms with Crippen molar-refractivity contribution in [2.24, 2.45) is 0 Å². The fourth-order valence-corrected chi connectivity index (χ4v) is 2.77. The van der Waals surface area contributed by atoms with Crippen LogP contribution < -0.4 is 5.32 Å². The molecular weight excluding hydrogens is 285 g/mol. The summed E-state index contributed by atoms with van der Waals surface area (Å²) in [6.07, 6.45) is 1.79. The van der Waals surface area contributed by atoms with E-state index in [2.05, 4.69) is 10.5 Å². The number of rotatable bonds is 3. The number of hydrogen-bond donors (Lipinski definition) is 1. The van der Waals surface area contributed by atoms with Crippen LogP contribution in [-0.4, -0.2) is 22.6 Å². The largest absolute Gasteiger partial charge is 0.359 e. The summed E-state index contributed by atoms with van der Waals surface area (Å²) >= 11 is 0. The molecule has 0 unspecified atom stereocenters. The first kappa shape index (κ1) is 14.6. The van der Waals surface area contributed by atoms with Gasteiger partial charge in [-0.2, -0.15) is 0 Å². The Bertz CT molecular complexity index is 671. The average molecular weight is 303 g/mol. The van der Waals surface area contributed by atoms with Crippen LogP contribution in [0.1, 0.15) is 35.9 Å². The molecule has 0 radical (unpaired) electrons. The molecule has 6 heteroatoms. The van der Waals surface area contributed by atoms with Crippen LogP contribution in [0.3, 0.4) is 0 Å². The van der Waals surface area contributed by atoms with Crippen molar-refractivity contribution in [3.8, 4) is 0 Å². The maximum absolute atomic E-state index is 13.1. The van der Waals surface area contributed by atoms with Gasteiger partial charge in [-0.15, -0.1) is 0 Å². The minimum Gasteiger partial charge on any atom is -0.359 e. The summed E-state index contributed by atoms with van der Waals surface area (Å²) in [5, 5.41) is 6.72. The Balaban J connectivity index is 1.64. The highest BCUT2D eigenvalue weighted by atomic mass is 19.1. The van der Waals surface area contributed by atoms with Crippen LogP contribution in [0.25, 0.3) is 0 Å². The molecule has 1 saturated heterocycles. The van der Waals surface area contributed by atoms with E-state index in [1.54, 1.807) is 17.0 Å². The van der Waals surface area contributed by atoms with E-state index in [0.717, 1.165) is 29.9 Å². The van der Waals surface area contributed by atoms with Gasteiger partial charge in [0.1, 0.15) is 5.82 Å². The Morgan fingerprint density at radius 2 is 2.36 bits per heavy atom.